The van der Waals surface area contributed by atoms with Gasteiger partial charge in [0.15, 0.2) is 0 Å². The molecule has 0 radical (unpaired) electrons. The van der Waals surface area contributed by atoms with Gasteiger partial charge in [-0.3, -0.25) is 0 Å². The molecule has 23 heavy (non-hydrogen) atoms. The smallest absolute Gasteiger partial charge is 0.000179 e. The summed E-state index contributed by atoms with van der Waals surface area (Å²) in [6.45, 7) is 5.13. The lowest BCUT2D eigenvalue weighted by Gasteiger charge is -2.18. The molecule has 0 saturated heterocycles. The predicted molar refractivity (Wildman–Crippen MR) is 100.0 cm³/mol. The maximum absolute atomic E-state index is 6.09. The highest BCUT2D eigenvalue weighted by atomic mass is 14.5. The number of nitrogens with two attached hydrogens (primary N) is 1. The van der Waals surface area contributed by atoms with E-state index in [1.807, 2.05) is 0 Å². The zero-order chi connectivity index (χ0) is 16.2. The van der Waals surface area contributed by atoms with Gasteiger partial charge in [0.2, 0.25) is 0 Å². The lowest BCUT2D eigenvalue weighted by atomic mass is 9.88. The van der Waals surface area contributed by atoms with Gasteiger partial charge in [0, 0.05) is 5.92 Å². The van der Waals surface area contributed by atoms with Gasteiger partial charge >= 0.3 is 0 Å². The summed E-state index contributed by atoms with van der Waals surface area (Å²) in [6, 6.07) is 24.1. The van der Waals surface area contributed by atoms with Crippen LogP contribution in [0.4, 0.5) is 0 Å². The molecule has 0 aliphatic heterocycles. The van der Waals surface area contributed by atoms with Crippen molar-refractivity contribution in [3.8, 4) is 0 Å². The van der Waals surface area contributed by atoms with Gasteiger partial charge in [-0.2, -0.15) is 0 Å². The summed E-state index contributed by atoms with van der Waals surface area (Å²) >= 11 is 0. The van der Waals surface area contributed by atoms with Crippen LogP contribution in [-0.2, 0) is 6.42 Å². The summed E-state index contributed by atoms with van der Waals surface area (Å²) in [5.74, 6) is 0.931. The van der Waals surface area contributed by atoms with Crippen LogP contribution in [0.3, 0.4) is 0 Å². The molecular weight excluding hydrogens is 278 g/mol. The molecule has 3 aromatic carbocycles. The molecule has 0 amide bonds. The van der Waals surface area contributed by atoms with Crippen molar-refractivity contribution < 1.29 is 0 Å². The van der Waals surface area contributed by atoms with E-state index in [9.17, 15) is 0 Å². The van der Waals surface area contributed by atoms with Gasteiger partial charge in [-0.25, -0.2) is 0 Å². The van der Waals surface area contributed by atoms with E-state index >= 15 is 0 Å². The van der Waals surface area contributed by atoms with E-state index in [1.165, 1.54) is 27.5 Å². The van der Waals surface area contributed by atoms with Crippen LogP contribution >= 0.6 is 0 Å². The van der Waals surface area contributed by atoms with Gasteiger partial charge in [0.05, 0.1) is 0 Å². The average Bonchev–Trinajstić information content (AvgIpc) is 2.60. The third-order valence-corrected chi connectivity index (χ3v) is 4.71. The van der Waals surface area contributed by atoms with Crippen molar-refractivity contribution in [3.63, 3.8) is 0 Å². The molecule has 1 atom stereocenters. The van der Waals surface area contributed by atoms with E-state index in [-0.39, 0.29) is 0 Å². The third kappa shape index (κ3) is 3.46. The predicted octanol–water partition coefficient (Wildman–Crippen LogP) is 5.25. The second kappa shape index (κ2) is 6.97. The van der Waals surface area contributed by atoms with E-state index < -0.39 is 0 Å². The van der Waals surface area contributed by atoms with Crippen molar-refractivity contribution in [3.05, 3.63) is 83.4 Å². The van der Waals surface area contributed by atoms with Crippen LogP contribution in [0.1, 0.15) is 42.4 Å². The van der Waals surface area contributed by atoms with Crippen LogP contribution in [0.15, 0.2) is 66.7 Å². The maximum atomic E-state index is 6.09. The Labute approximate surface area is 139 Å². The van der Waals surface area contributed by atoms with Crippen molar-refractivity contribution in [2.45, 2.75) is 32.1 Å². The number of hydrogen-bond donors (Lipinski definition) is 1. The molecule has 0 bridgehead atoms. The van der Waals surface area contributed by atoms with E-state index in [0.717, 1.165) is 6.42 Å². The summed E-state index contributed by atoms with van der Waals surface area (Å²) in [5, 5.41) is 2.64. The zero-order valence-corrected chi connectivity index (χ0v) is 14.0. The second-order valence-electron chi connectivity index (χ2n) is 6.60. The molecule has 0 spiro atoms. The molecule has 2 N–H and O–H groups in total. The fourth-order valence-electron chi connectivity index (χ4n) is 3.23. The molecule has 0 aliphatic rings. The first-order chi connectivity index (χ1) is 11.2. The highest BCUT2D eigenvalue weighted by molar-refractivity contribution is 5.85. The summed E-state index contributed by atoms with van der Waals surface area (Å²) in [7, 11) is 0. The molecule has 1 heteroatoms. The Balaban J connectivity index is 1.89. The number of rotatable bonds is 5. The average molecular weight is 303 g/mol. The van der Waals surface area contributed by atoms with Crippen molar-refractivity contribution >= 4 is 10.8 Å². The highest BCUT2D eigenvalue weighted by Gasteiger charge is 2.13. The Morgan fingerprint density at radius 2 is 1.43 bits per heavy atom. The summed E-state index contributed by atoms with van der Waals surface area (Å²) in [4.78, 5) is 0. The van der Waals surface area contributed by atoms with Crippen molar-refractivity contribution in [2.75, 3.05) is 6.54 Å². The first-order valence-corrected chi connectivity index (χ1v) is 8.45. The monoisotopic (exact) mass is 303 g/mol. The van der Waals surface area contributed by atoms with Crippen molar-refractivity contribution in [1.29, 1.82) is 0 Å². The Hall–Kier alpha value is -2.12. The molecule has 0 saturated carbocycles. The molecule has 0 fully saturated rings. The van der Waals surface area contributed by atoms with Crippen LogP contribution in [0, 0.1) is 0 Å². The zero-order valence-electron chi connectivity index (χ0n) is 14.0. The first kappa shape index (κ1) is 15.8. The standard InChI is InChI=1S/C22H25N/c1-16(2)17-10-12-18(13-11-17)21(15-23)14-20-8-5-7-19-6-3-4-9-22(19)20/h3-13,16,21H,14-15,23H2,1-2H3. The maximum Gasteiger partial charge on any atom is 0.000179 e. The molecule has 1 unspecified atom stereocenters. The minimum atomic E-state index is 0.363. The lowest BCUT2D eigenvalue weighted by Crippen LogP contribution is -2.15. The Morgan fingerprint density at radius 1 is 0.783 bits per heavy atom. The van der Waals surface area contributed by atoms with Gasteiger partial charge < -0.3 is 5.73 Å². The minimum absolute atomic E-state index is 0.363. The molecule has 0 aromatic heterocycles. The Bertz CT molecular complexity index is 766. The third-order valence-electron chi connectivity index (χ3n) is 4.71. The normalized spacial score (nSPS) is 12.7. The topological polar surface area (TPSA) is 26.0 Å². The molecule has 0 aliphatic carbocycles. The summed E-state index contributed by atoms with van der Waals surface area (Å²) in [6.07, 6.45) is 0.985. The SMILES string of the molecule is CC(C)c1ccc(C(CN)Cc2cccc3ccccc23)cc1. The number of hydrogen-bond acceptors (Lipinski definition) is 1. The van der Waals surface area contributed by atoms with Crippen LogP contribution in [0.2, 0.25) is 0 Å². The van der Waals surface area contributed by atoms with Gasteiger partial charge in [-0.05, 0) is 46.3 Å². The largest absolute Gasteiger partial charge is 0.330 e. The Kier molecular flexibility index (Phi) is 4.78. The quantitative estimate of drug-likeness (QED) is 0.684. The number of fused-ring (bicyclic) bond motifs is 1. The molecule has 3 rings (SSSR count). The van der Waals surface area contributed by atoms with E-state index in [2.05, 4.69) is 80.6 Å². The molecule has 1 nitrogen and oxygen atoms in total. The van der Waals surface area contributed by atoms with Crippen LogP contribution in [0.5, 0.6) is 0 Å². The van der Waals surface area contributed by atoms with Gasteiger partial charge in [0.25, 0.3) is 0 Å². The highest BCUT2D eigenvalue weighted by Crippen LogP contribution is 2.26. The first-order valence-electron chi connectivity index (χ1n) is 8.45. The lowest BCUT2D eigenvalue weighted by molar-refractivity contribution is 0.696. The van der Waals surface area contributed by atoms with Crippen LogP contribution < -0.4 is 5.73 Å². The summed E-state index contributed by atoms with van der Waals surface area (Å²) < 4.78 is 0. The van der Waals surface area contributed by atoms with E-state index in [0.29, 0.717) is 18.4 Å². The van der Waals surface area contributed by atoms with Gasteiger partial charge in [-0.1, -0.05) is 80.6 Å². The number of benzene rings is 3. The molecule has 0 heterocycles. The Morgan fingerprint density at radius 3 is 2.13 bits per heavy atom. The minimum Gasteiger partial charge on any atom is -0.330 e. The fourth-order valence-corrected chi connectivity index (χ4v) is 3.23. The molecule has 3 aromatic rings. The van der Waals surface area contributed by atoms with Gasteiger partial charge in [-0.15, -0.1) is 0 Å². The molecular formula is C22H25N. The van der Waals surface area contributed by atoms with Crippen molar-refractivity contribution in [2.24, 2.45) is 5.73 Å². The van der Waals surface area contributed by atoms with E-state index in [1.54, 1.807) is 0 Å². The fraction of sp³-hybridized carbons (Fsp3) is 0.273. The van der Waals surface area contributed by atoms with Gasteiger partial charge in [0.1, 0.15) is 0 Å². The van der Waals surface area contributed by atoms with E-state index in [4.69, 9.17) is 5.73 Å². The second-order valence-corrected chi connectivity index (χ2v) is 6.60. The summed E-state index contributed by atoms with van der Waals surface area (Å²) in [5.41, 5.74) is 10.2. The molecule has 118 valence electrons. The van der Waals surface area contributed by atoms with Crippen LogP contribution in [0.25, 0.3) is 10.8 Å². The van der Waals surface area contributed by atoms with Crippen molar-refractivity contribution in [1.82, 2.24) is 0 Å². The van der Waals surface area contributed by atoms with Crippen LogP contribution in [-0.4, -0.2) is 6.54 Å².